The molecule has 0 radical (unpaired) electrons. The molecule has 0 unspecified atom stereocenters. The molecule has 1 saturated heterocycles. The summed E-state index contributed by atoms with van der Waals surface area (Å²) in [5, 5.41) is 4.36. The lowest BCUT2D eigenvalue weighted by molar-refractivity contribution is 0.181. The number of amides is 2. The first-order valence-corrected chi connectivity index (χ1v) is 10.4. The number of piperidine rings is 1. The summed E-state index contributed by atoms with van der Waals surface area (Å²) in [5.74, 6) is 1.34. The van der Waals surface area contributed by atoms with Gasteiger partial charge in [0.2, 0.25) is 0 Å². The van der Waals surface area contributed by atoms with Crippen LogP contribution in [-0.2, 0) is 6.54 Å². The largest absolute Gasteiger partial charge is 0.491 e. The smallest absolute Gasteiger partial charge is 0.317 e. The Morgan fingerprint density at radius 1 is 1.17 bits per heavy atom. The molecule has 152 valence electrons. The summed E-state index contributed by atoms with van der Waals surface area (Å²) in [7, 11) is 0. The van der Waals surface area contributed by atoms with Gasteiger partial charge in [0.15, 0.2) is 0 Å². The quantitative estimate of drug-likeness (QED) is 0.640. The number of carbonyl (C=O) groups is 1. The number of likely N-dealkylation sites (tertiary alicyclic amines) is 1. The second kappa shape index (κ2) is 8.60. The lowest BCUT2D eigenvalue weighted by atomic mass is 9.89. The van der Waals surface area contributed by atoms with Gasteiger partial charge in [0.25, 0.3) is 0 Å². The highest BCUT2D eigenvalue weighted by Crippen LogP contribution is 2.33. The number of rotatable bonds is 5. The molecule has 1 aliphatic rings. The maximum absolute atomic E-state index is 12.6. The molecular formula is C24H29N3O2. The van der Waals surface area contributed by atoms with Crippen LogP contribution in [0.5, 0.6) is 5.75 Å². The van der Waals surface area contributed by atoms with Crippen molar-refractivity contribution in [1.82, 2.24) is 15.2 Å². The summed E-state index contributed by atoms with van der Waals surface area (Å²) in [6, 6.07) is 16.4. The predicted octanol–water partition coefficient (Wildman–Crippen LogP) is 5.04. The molecule has 0 saturated carbocycles. The van der Waals surface area contributed by atoms with Crippen molar-refractivity contribution in [2.75, 3.05) is 13.1 Å². The molecule has 2 heterocycles. The van der Waals surface area contributed by atoms with E-state index >= 15 is 0 Å². The monoisotopic (exact) mass is 391 g/mol. The molecule has 0 atom stereocenters. The maximum atomic E-state index is 12.6. The highest BCUT2D eigenvalue weighted by atomic mass is 16.5. The zero-order chi connectivity index (χ0) is 20.2. The van der Waals surface area contributed by atoms with E-state index < -0.39 is 0 Å². The molecule has 0 spiro atoms. The van der Waals surface area contributed by atoms with Crippen molar-refractivity contribution in [3.05, 3.63) is 65.9 Å². The fourth-order valence-corrected chi connectivity index (χ4v) is 4.12. The minimum Gasteiger partial charge on any atom is -0.491 e. The lowest BCUT2D eigenvalue weighted by Gasteiger charge is -2.32. The molecule has 3 aromatic rings. The Kier molecular flexibility index (Phi) is 5.74. The number of ether oxygens (including phenoxy) is 1. The van der Waals surface area contributed by atoms with Crippen LogP contribution in [0.1, 0.15) is 43.7 Å². The molecule has 5 nitrogen and oxygen atoms in total. The zero-order valence-corrected chi connectivity index (χ0v) is 17.2. The van der Waals surface area contributed by atoms with Gasteiger partial charge in [-0.25, -0.2) is 4.79 Å². The van der Waals surface area contributed by atoms with E-state index in [0.29, 0.717) is 12.5 Å². The fourth-order valence-electron chi connectivity index (χ4n) is 4.12. The van der Waals surface area contributed by atoms with Crippen molar-refractivity contribution in [2.45, 2.75) is 45.3 Å². The van der Waals surface area contributed by atoms with Crippen molar-refractivity contribution in [1.29, 1.82) is 0 Å². The molecule has 2 aromatic carbocycles. The molecular weight excluding hydrogens is 362 g/mol. The van der Waals surface area contributed by atoms with Gasteiger partial charge in [-0.3, -0.25) is 0 Å². The van der Waals surface area contributed by atoms with Crippen LogP contribution < -0.4 is 10.1 Å². The highest BCUT2D eigenvalue weighted by Gasteiger charge is 2.25. The minimum absolute atomic E-state index is 0.0116. The number of fused-ring (bicyclic) bond motifs is 1. The maximum Gasteiger partial charge on any atom is 0.317 e. The summed E-state index contributed by atoms with van der Waals surface area (Å²) in [4.78, 5) is 17.9. The third-order valence-electron chi connectivity index (χ3n) is 5.56. The van der Waals surface area contributed by atoms with Gasteiger partial charge in [-0.05, 0) is 61.9 Å². The minimum atomic E-state index is 0.0116. The van der Waals surface area contributed by atoms with E-state index in [-0.39, 0.29) is 12.1 Å². The number of carbonyl (C=O) groups excluding carboxylic acids is 1. The standard InChI is InChI=1S/C24H29N3O2/c1-17(2)29-20-7-5-6-18(14-20)15-26-24(28)27-12-10-19(11-13-27)22-16-25-23-9-4-3-8-21(22)23/h3-9,14,16-17,19,25H,10-13,15H2,1-2H3,(H,26,28). The molecule has 2 N–H and O–H groups in total. The van der Waals surface area contributed by atoms with Gasteiger partial charge in [-0.15, -0.1) is 0 Å². The van der Waals surface area contributed by atoms with Crippen molar-refractivity contribution in [3.8, 4) is 5.75 Å². The number of H-pyrrole nitrogens is 1. The highest BCUT2D eigenvalue weighted by molar-refractivity contribution is 5.83. The van der Waals surface area contributed by atoms with Gasteiger partial charge in [-0.2, -0.15) is 0 Å². The Morgan fingerprint density at radius 3 is 2.76 bits per heavy atom. The number of nitrogens with zero attached hydrogens (tertiary/aromatic N) is 1. The normalized spacial score (nSPS) is 15.1. The summed E-state index contributed by atoms with van der Waals surface area (Å²) < 4.78 is 5.73. The second-order valence-corrected chi connectivity index (χ2v) is 8.02. The van der Waals surface area contributed by atoms with E-state index in [9.17, 15) is 4.79 Å². The number of para-hydroxylation sites is 1. The Bertz CT molecular complexity index is 971. The van der Waals surface area contributed by atoms with E-state index in [1.165, 1.54) is 16.5 Å². The number of urea groups is 1. The topological polar surface area (TPSA) is 57.4 Å². The molecule has 1 aromatic heterocycles. The first-order valence-electron chi connectivity index (χ1n) is 10.4. The van der Waals surface area contributed by atoms with Crippen molar-refractivity contribution in [3.63, 3.8) is 0 Å². The van der Waals surface area contributed by atoms with Crippen molar-refractivity contribution < 1.29 is 9.53 Å². The Labute approximate surface area is 172 Å². The van der Waals surface area contributed by atoms with Gasteiger partial charge < -0.3 is 19.9 Å². The van der Waals surface area contributed by atoms with Crippen molar-refractivity contribution in [2.24, 2.45) is 0 Å². The third-order valence-corrected chi connectivity index (χ3v) is 5.56. The number of hydrogen-bond donors (Lipinski definition) is 2. The average Bonchev–Trinajstić information content (AvgIpc) is 3.16. The number of aromatic amines is 1. The van der Waals surface area contributed by atoms with Gasteiger partial charge in [0.05, 0.1) is 6.10 Å². The molecule has 2 amide bonds. The van der Waals surface area contributed by atoms with Crippen LogP contribution >= 0.6 is 0 Å². The molecule has 0 aliphatic carbocycles. The molecule has 0 bridgehead atoms. The first-order chi connectivity index (χ1) is 14.1. The fraction of sp³-hybridized carbons (Fsp3) is 0.375. The zero-order valence-electron chi connectivity index (χ0n) is 17.2. The van der Waals surface area contributed by atoms with Crippen LogP contribution in [-0.4, -0.2) is 35.1 Å². The Morgan fingerprint density at radius 2 is 1.97 bits per heavy atom. The van der Waals surface area contributed by atoms with Crippen LogP contribution in [0, 0.1) is 0 Å². The summed E-state index contributed by atoms with van der Waals surface area (Å²) >= 11 is 0. The first kappa shape index (κ1) is 19.4. The van der Waals surface area contributed by atoms with E-state index in [4.69, 9.17) is 4.74 Å². The summed E-state index contributed by atoms with van der Waals surface area (Å²) in [5.41, 5.74) is 3.61. The second-order valence-electron chi connectivity index (χ2n) is 8.02. The summed E-state index contributed by atoms with van der Waals surface area (Å²) in [6.45, 7) is 6.10. The number of nitrogens with one attached hydrogen (secondary N) is 2. The van der Waals surface area contributed by atoms with Gasteiger partial charge in [-0.1, -0.05) is 30.3 Å². The van der Waals surface area contributed by atoms with Crippen LogP contribution in [0.15, 0.2) is 54.7 Å². The number of benzene rings is 2. The van der Waals surface area contributed by atoms with Gasteiger partial charge in [0, 0.05) is 36.7 Å². The van der Waals surface area contributed by atoms with Crippen molar-refractivity contribution >= 4 is 16.9 Å². The van der Waals surface area contributed by atoms with Gasteiger partial charge in [0.1, 0.15) is 5.75 Å². The van der Waals surface area contributed by atoms with Gasteiger partial charge >= 0.3 is 6.03 Å². The third kappa shape index (κ3) is 4.56. The van der Waals surface area contributed by atoms with Crippen LogP contribution in [0.2, 0.25) is 0 Å². The molecule has 1 aliphatic heterocycles. The SMILES string of the molecule is CC(C)Oc1cccc(CNC(=O)N2CCC(c3c[nH]c4ccccc34)CC2)c1. The molecule has 4 rings (SSSR count). The predicted molar refractivity (Wildman–Crippen MR) is 116 cm³/mol. The average molecular weight is 392 g/mol. The number of aromatic nitrogens is 1. The summed E-state index contributed by atoms with van der Waals surface area (Å²) in [6.07, 6.45) is 4.26. The Hall–Kier alpha value is -2.95. The lowest BCUT2D eigenvalue weighted by Crippen LogP contribution is -2.43. The Balaban J connectivity index is 1.30. The molecule has 29 heavy (non-hydrogen) atoms. The van der Waals surface area contributed by atoms with E-state index in [0.717, 1.165) is 37.2 Å². The van der Waals surface area contributed by atoms with E-state index in [2.05, 4.69) is 40.8 Å². The number of hydrogen-bond acceptors (Lipinski definition) is 2. The molecule has 5 heteroatoms. The van der Waals surface area contributed by atoms with E-state index in [1.54, 1.807) is 0 Å². The van der Waals surface area contributed by atoms with Crippen LogP contribution in [0.25, 0.3) is 10.9 Å². The van der Waals surface area contributed by atoms with Crippen LogP contribution in [0.4, 0.5) is 4.79 Å². The molecule has 1 fully saturated rings. The van der Waals surface area contributed by atoms with Crippen LogP contribution in [0.3, 0.4) is 0 Å². The van der Waals surface area contributed by atoms with E-state index in [1.807, 2.05) is 43.0 Å².